The molecule has 7 heteroatoms. The van der Waals surface area contributed by atoms with E-state index in [9.17, 15) is 14.7 Å². The molecule has 1 aromatic carbocycles. The minimum absolute atomic E-state index is 0.00337. The van der Waals surface area contributed by atoms with Gasteiger partial charge in [0.2, 0.25) is 5.91 Å². The smallest absolute Gasteiger partial charge is 0.356 e. The Bertz CT molecular complexity index is 834. The number of aromatic nitrogens is 2. The molecule has 0 bridgehead atoms. The molecule has 0 radical (unpaired) electrons. The van der Waals surface area contributed by atoms with E-state index in [1.807, 2.05) is 20.8 Å². The maximum atomic E-state index is 12.6. The van der Waals surface area contributed by atoms with Crippen LogP contribution < -0.4 is 0 Å². The first-order valence-corrected chi connectivity index (χ1v) is 8.45. The number of hydrogen-bond acceptors (Lipinski definition) is 3. The van der Waals surface area contributed by atoms with E-state index in [0.29, 0.717) is 23.6 Å². The van der Waals surface area contributed by atoms with Crippen molar-refractivity contribution in [2.24, 2.45) is 5.41 Å². The summed E-state index contributed by atoms with van der Waals surface area (Å²) in [5, 5.41) is 14.4. The van der Waals surface area contributed by atoms with Crippen LogP contribution in [0, 0.1) is 5.41 Å². The van der Waals surface area contributed by atoms with Crippen molar-refractivity contribution in [1.29, 1.82) is 0 Å². The van der Waals surface area contributed by atoms with Gasteiger partial charge in [0.25, 0.3) is 0 Å². The molecular weight excluding hydrogens is 342 g/mol. The summed E-state index contributed by atoms with van der Waals surface area (Å²) in [5.41, 5.74) is 1.68. The quantitative estimate of drug-likeness (QED) is 0.891. The Morgan fingerprint density at radius 2 is 1.84 bits per heavy atom. The monoisotopic (exact) mass is 361 g/mol. The highest BCUT2D eigenvalue weighted by atomic mass is 35.5. The maximum absolute atomic E-state index is 12.6. The second-order valence-electron chi connectivity index (χ2n) is 7.19. The third kappa shape index (κ3) is 3.26. The van der Waals surface area contributed by atoms with Crippen LogP contribution in [-0.4, -0.2) is 38.2 Å². The minimum atomic E-state index is -1.09. The molecule has 0 atom stereocenters. The average molecular weight is 362 g/mol. The normalized spacial score (nSPS) is 14.3. The van der Waals surface area contributed by atoms with Crippen LogP contribution in [0.15, 0.2) is 24.3 Å². The summed E-state index contributed by atoms with van der Waals surface area (Å²) in [6, 6.07) is 7.08. The topological polar surface area (TPSA) is 75.4 Å². The van der Waals surface area contributed by atoms with Crippen molar-refractivity contribution in [2.75, 3.05) is 6.54 Å². The van der Waals surface area contributed by atoms with Crippen molar-refractivity contribution in [3.63, 3.8) is 0 Å². The predicted molar refractivity (Wildman–Crippen MR) is 94.1 cm³/mol. The first-order chi connectivity index (χ1) is 11.7. The molecule has 1 aromatic heterocycles. The molecule has 0 saturated carbocycles. The van der Waals surface area contributed by atoms with Crippen LogP contribution in [0.1, 0.15) is 42.5 Å². The molecule has 1 aliphatic heterocycles. The van der Waals surface area contributed by atoms with Crippen molar-refractivity contribution < 1.29 is 14.7 Å². The van der Waals surface area contributed by atoms with Gasteiger partial charge in [-0.05, 0) is 24.3 Å². The zero-order valence-corrected chi connectivity index (χ0v) is 15.2. The van der Waals surface area contributed by atoms with Gasteiger partial charge in [-0.2, -0.15) is 5.10 Å². The molecule has 1 amide bonds. The van der Waals surface area contributed by atoms with Gasteiger partial charge in [-0.25, -0.2) is 9.48 Å². The number of aromatic carboxylic acids is 1. The van der Waals surface area contributed by atoms with Crippen molar-refractivity contribution in [3.05, 3.63) is 46.2 Å². The van der Waals surface area contributed by atoms with Crippen LogP contribution in [0.25, 0.3) is 5.69 Å². The van der Waals surface area contributed by atoms with E-state index >= 15 is 0 Å². The number of fused-ring (bicyclic) bond motifs is 1. The summed E-state index contributed by atoms with van der Waals surface area (Å²) in [7, 11) is 0. The number of carboxylic acid groups (broad SMARTS) is 1. The summed E-state index contributed by atoms with van der Waals surface area (Å²) in [6.07, 6.45) is 0.556. The zero-order chi connectivity index (χ0) is 18.4. The Morgan fingerprint density at radius 3 is 2.40 bits per heavy atom. The zero-order valence-electron chi connectivity index (χ0n) is 14.4. The summed E-state index contributed by atoms with van der Waals surface area (Å²) in [5.74, 6) is -1.08. The number of nitrogens with zero attached hydrogens (tertiary/aromatic N) is 3. The Labute approximate surface area is 151 Å². The Balaban J connectivity index is 2.03. The van der Waals surface area contributed by atoms with Gasteiger partial charge in [-0.3, -0.25) is 4.79 Å². The molecule has 0 aliphatic carbocycles. The summed E-state index contributed by atoms with van der Waals surface area (Å²) < 4.78 is 1.65. The van der Waals surface area contributed by atoms with Crippen molar-refractivity contribution >= 4 is 23.5 Å². The highest BCUT2D eigenvalue weighted by Crippen LogP contribution is 2.28. The molecule has 1 aliphatic rings. The Hall–Kier alpha value is -2.34. The second kappa shape index (κ2) is 6.19. The van der Waals surface area contributed by atoms with Gasteiger partial charge in [-0.15, -0.1) is 0 Å². The van der Waals surface area contributed by atoms with E-state index in [2.05, 4.69) is 5.10 Å². The molecular formula is C18H20ClN3O3. The fourth-order valence-corrected chi connectivity index (χ4v) is 3.16. The number of carboxylic acids is 1. The van der Waals surface area contributed by atoms with E-state index in [4.69, 9.17) is 11.6 Å². The molecule has 2 heterocycles. The number of benzene rings is 1. The summed E-state index contributed by atoms with van der Waals surface area (Å²) in [4.78, 5) is 25.9. The van der Waals surface area contributed by atoms with Gasteiger partial charge in [0.1, 0.15) is 0 Å². The van der Waals surface area contributed by atoms with Gasteiger partial charge >= 0.3 is 5.97 Å². The lowest BCUT2D eigenvalue weighted by Crippen LogP contribution is -2.42. The van der Waals surface area contributed by atoms with E-state index in [-0.39, 0.29) is 18.1 Å². The van der Waals surface area contributed by atoms with Crippen LogP contribution in [0.3, 0.4) is 0 Å². The second-order valence-corrected chi connectivity index (χ2v) is 7.63. The van der Waals surface area contributed by atoms with Gasteiger partial charge in [0, 0.05) is 35.5 Å². The van der Waals surface area contributed by atoms with Gasteiger partial charge < -0.3 is 10.0 Å². The molecule has 3 rings (SSSR count). The predicted octanol–water partition coefficient (Wildman–Crippen LogP) is 3.15. The number of halogens is 1. The summed E-state index contributed by atoms with van der Waals surface area (Å²) >= 11 is 5.93. The SMILES string of the molecule is CC(C)(C)C(=O)N1CCc2c(c(C(=O)O)nn2-c2ccc(Cl)cc2)C1. The largest absolute Gasteiger partial charge is 0.476 e. The van der Waals surface area contributed by atoms with Gasteiger partial charge in [0.05, 0.1) is 11.4 Å². The highest BCUT2D eigenvalue weighted by Gasteiger charge is 2.34. The van der Waals surface area contributed by atoms with E-state index in [1.54, 1.807) is 33.8 Å². The lowest BCUT2D eigenvalue weighted by atomic mass is 9.93. The van der Waals surface area contributed by atoms with Crippen LogP contribution in [-0.2, 0) is 17.8 Å². The molecule has 132 valence electrons. The molecule has 6 nitrogen and oxygen atoms in total. The molecule has 0 unspecified atom stereocenters. The van der Waals surface area contributed by atoms with E-state index in [1.165, 1.54) is 0 Å². The number of carbonyl (C=O) groups is 2. The molecule has 0 fully saturated rings. The van der Waals surface area contributed by atoms with Crippen LogP contribution in [0.2, 0.25) is 5.02 Å². The van der Waals surface area contributed by atoms with Gasteiger partial charge in [0.15, 0.2) is 5.69 Å². The molecule has 0 spiro atoms. The number of amides is 1. The number of carbonyl (C=O) groups excluding carboxylic acids is 1. The minimum Gasteiger partial charge on any atom is -0.476 e. The third-order valence-electron chi connectivity index (χ3n) is 4.26. The molecule has 0 saturated heterocycles. The lowest BCUT2D eigenvalue weighted by molar-refractivity contribution is -0.140. The molecule has 1 N–H and O–H groups in total. The fourth-order valence-electron chi connectivity index (χ4n) is 3.03. The van der Waals surface area contributed by atoms with Crippen LogP contribution in [0.4, 0.5) is 0 Å². The number of hydrogen-bond donors (Lipinski definition) is 1. The summed E-state index contributed by atoms with van der Waals surface area (Å²) in [6.45, 7) is 6.39. The average Bonchev–Trinajstić information content (AvgIpc) is 2.93. The molecule has 25 heavy (non-hydrogen) atoms. The van der Waals surface area contributed by atoms with Crippen LogP contribution >= 0.6 is 11.6 Å². The fraction of sp³-hybridized carbons (Fsp3) is 0.389. The van der Waals surface area contributed by atoms with Gasteiger partial charge in [-0.1, -0.05) is 32.4 Å². The van der Waals surface area contributed by atoms with Crippen LogP contribution in [0.5, 0.6) is 0 Å². The lowest BCUT2D eigenvalue weighted by Gasteiger charge is -2.32. The standard InChI is InChI=1S/C18H20ClN3O3/c1-18(2,3)17(25)21-9-8-14-13(10-21)15(16(23)24)20-22(14)12-6-4-11(19)5-7-12/h4-7H,8-10H2,1-3H3,(H,23,24). The van der Waals surface area contributed by atoms with E-state index < -0.39 is 11.4 Å². The Morgan fingerprint density at radius 1 is 1.20 bits per heavy atom. The highest BCUT2D eigenvalue weighted by molar-refractivity contribution is 6.30. The third-order valence-corrected chi connectivity index (χ3v) is 4.51. The number of rotatable bonds is 2. The first kappa shape index (κ1) is 17.5. The van der Waals surface area contributed by atoms with Crippen molar-refractivity contribution in [1.82, 2.24) is 14.7 Å². The maximum Gasteiger partial charge on any atom is 0.356 e. The van der Waals surface area contributed by atoms with Crippen molar-refractivity contribution in [3.8, 4) is 5.69 Å². The Kier molecular flexibility index (Phi) is 4.33. The first-order valence-electron chi connectivity index (χ1n) is 8.08. The molecule has 2 aromatic rings. The van der Waals surface area contributed by atoms with Crippen molar-refractivity contribution in [2.45, 2.75) is 33.7 Å². The van der Waals surface area contributed by atoms with E-state index in [0.717, 1.165) is 11.4 Å².